The van der Waals surface area contributed by atoms with Gasteiger partial charge in [0.2, 0.25) is 17.3 Å². The quantitative estimate of drug-likeness (QED) is 0.239. The van der Waals surface area contributed by atoms with E-state index in [0.29, 0.717) is 29.1 Å². The van der Waals surface area contributed by atoms with Crippen molar-refractivity contribution in [2.75, 3.05) is 71.0 Å². The second kappa shape index (κ2) is 11.4. The first kappa shape index (κ1) is 26.4. The first-order chi connectivity index (χ1) is 19.5. The summed E-state index contributed by atoms with van der Waals surface area (Å²) in [6.45, 7) is 8.94. The van der Waals surface area contributed by atoms with Gasteiger partial charge >= 0.3 is 0 Å². The zero-order valence-corrected chi connectivity index (χ0v) is 22.8. The minimum absolute atomic E-state index is 0.0581. The second-order valence-corrected chi connectivity index (χ2v) is 10.5. The molecule has 0 bridgehead atoms. The Morgan fingerprint density at radius 1 is 0.925 bits per heavy atom. The average molecular weight is 547 g/mol. The van der Waals surface area contributed by atoms with Gasteiger partial charge in [0.05, 0.1) is 32.6 Å². The van der Waals surface area contributed by atoms with Gasteiger partial charge in [-0.1, -0.05) is 30.3 Å². The number of anilines is 1. The van der Waals surface area contributed by atoms with Gasteiger partial charge in [-0.2, -0.15) is 0 Å². The molecule has 3 heterocycles. The first-order valence-electron chi connectivity index (χ1n) is 13.9. The van der Waals surface area contributed by atoms with Crippen LogP contribution in [0.5, 0.6) is 5.75 Å². The van der Waals surface area contributed by atoms with E-state index in [1.807, 2.05) is 0 Å². The van der Waals surface area contributed by atoms with Crippen molar-refractivity contribution in [3.8, 4) is 5.75 Å². The summed E-state index contributed by atoms with van der Waals surface area (Å²) in [5, 5.41) is 16.4. The SMILES string of the molecule is COc1cc(CN2CCOCC2)ccc1N1CCN(CCCn2c3c(n[n+]2[O-])C(=O)c2ccccc2C3=O)CC1. The third-order valence-corrected chi connectivity index (χ3v) is 8.03. The zero-order valence-electron chi connectivity index (χ0n) is 22.8. The maximum Gasteiger partial charge on any atom is 0.220 e. The fourth-order valence-electron chi connectivity index (χ4n) is 5.86. The average Bonchev–Trinajstić information content (AvgIpc) is 3.33. The monoisotopic (exact) mass is 546 g/mol. The molecule has 11 heteroatoms. The summed E-state index contributed by atoms with van der Waals surface area (Å²) in [7, 11) is 1.72. The highest BCUT2D eigenvalue weighted by Crippen LogP contribution is 2.31. The van der Waals surface area contributed by atoms with Crippen molar-refractivity contribution in [2.45, 2.75) is 19.5 Å². The highest BCUT2D eigenvalue weighted by molar-refractivity contribution is 6.26. The van der Waals surface area contributed by atoms with Crippen molar-refractivity contribution in [3.05, 3.63) is 75.8 Å². The summed E-state index contributed by atoms with van der Waals surface area (Å²) >= 11 is 0. The Morgan fingerprint density at radius 2 is 1.65 bits per heavy atom. The van der Waals surface area contributed by atoms with Crippen LogP contribution in [0.2, 0.25) is 0 Å². The highest BCUT2D eigenvalue weighted by Gasteiger charge is 2.39. The van der Waals surface area contributed by atoms with Gasteiger partial charge in [0.1, 0.15) is 5.75 Å². The van der Waals surface area contributed by atoms with Crippen LogP contribution in [-0.2, 0) is 17.8 Å². The number of hydrogen-bond donors (Lipinski definition) is 0. The third kappa shape index (κ3) is 5.07. The van der Waals surface area contributed by atoms with Crippen LogP contribution in [0.4, 0.5) is 5.69 Å². The Hall–Kier alpha value is -3.80. The highest BCUT2D eigenvalue weighted by atomic mass is 16.5. The molecule has 0 atom stereocenters. The molecule has 0 unspecified atom stereocenters. The number of piperazine rings is 1. The lowest BCUT2D eigenvalue weighted by molar-refractivity contribution is -0.749. The molecule has 6 rings (SSSR count). The molecule has 40 heavy (non-hydrogen) atoms. The number of fused-ring (bicyclic) bond motifs is 2. The van der Waals surface area contributed by atoms with Crippen molar-refractivity contribution in [3.63, 3.8) is 0 Å². The maximum atomic E-state index is 13.1. The van der Waals surface area contributed by atoms with Crippen LogP contribution in [0.1, 0.15) is 44.1 Å². The normalized spacial score (nSPS) is 18.1. The van der Waals surface area contributed by atoms with Crippen LogP contribution in [-0.4, -0.2) is 97.3 Å². The largest absolute Gasteiger partial charge is 0.571 e. The van der Waals surface area contributed by atoms with Gasteiger partial charge in [0.15, 0.2) is 5.69 Å². The Labute approximate surface area is 233 Å². The second-order valence-electron chi connectivity index (χ2n) is 10.5. The standard InChI is InChI=1S/C29H34N6O5/c1-39-25-19-21(20-32-15-17-40-18-16-32)7-8-24(25)33-13-11-31(12-14-33)9-4-10-34-27-26(30-35(34)38)28(36)22-5-2-3-6-23(22)29(27)37/h2-3,5-8,19H,4,9-18,20H2,1H3. The Bertz CT molecular complexity index is 1410. The topological polar surface area (TPSA) is 107 Å². The minimum Gasteiger partial charge on any atom is -0.571 e. The predicted molar refractivity (Wildman–Crippen MR) is 147 cm³/mol. The molecule has 2 aromatic carbocycles. The van der Waals surface area contributed by atoms with E-state index in [9.17, 15) is 14.8 Å². The lowest BCUT2D eigenvalue weighted by Crippen LogP contribution is -2.47. The molecule has 1 aromatic heterocycles. The van der Waals surface area contributed by atoms with E-state index in [1.165, 1.54) is 10.2 Å². The Kier molecular flexibility index (Phi) is 7.50. The Morgan fingerprint density at radius 3 is 2.38 bits per heavy atom. The number of hydrogen-bond acceptors (Lipinski definition) is 9. The smallest absolute Gasteiger partial charge is 0.220 e. The summed E-state index contributed by atoms with van der Waals surface area (Å²) in [6, 6.07) is 13.1. The lowest BCUT2D eigenvalue weighted by atomic mass is 9.90. The van der Waals surface area contributed by atoms with E-state index >= 15 is 0 Å². The molecule has 0 radical (unpaired) electrons. The fourth-order valence-corrected chi connectivity index (χ4v) is 5.86. The number of carbonyl (C=O) groups is 2. The van der Waals surface area contributed by atoms with Crippen LogP contribution in [0.25, 0.3) is 0 Å². The summed E-state index contributed by atoms with van der Waals surface area (Å²) in [4.78, 5) is 33.4. The van der Waals surface area contributed by atoms with E-state index in [2.05, 4.69) is 38.0 Å². The molecule has 3 aliphatic rings. The lowest BCUT2D eigenvalue weighted by Gasteiger charge is -2.36. The number of ether oxygens (including phenoxy) is 2. The van der Waals surface area contributed by atoms with Crippen molar-refractivity contribution in [1.82, 2.24) is 19.6 Å². The van der Waals surface area contributed by atoms with Crippen molar-refractivity contribution in [2.24, 2.45) is 0 Å². The van der Waals surface area contributed by atoms with Gasteiger partial charge in [-0.3, -0.25) is 19.4 Å². The van der Waals surface area contributed by atoms with Gasteiger partial charge in [-0.25, -0.2) is 0 Å². The summed E-state index contributed by atoms with van der Waals surface area (Å²) in [6.07, 6.45) is 0.660. The number of aromatic nitrogens is 3. The third-order valence-electron chi connectivity index (χ3n) is 8.03. The first-order valence-corrected chi connectivity index (χ1v) is 13.9. The molecule has 2 fully saturated rings. The molecule has 11 nitrogen and oxygen atoms in total. The van der Waals surface area contributed by atoms with E-state index < -0.39 is 0 Å². The molecule has 0 amide bonds. The summed E-state index contributed by atoms with van der Waals surface area (Å²) < 4.78 is 12.5. The summed E-state index contributed by atoms with van der Waals surface area (Å²) in [5.41, 5.74) is 3.00. The number of benzene rings is 2. The molecular weight excluding hydrogens is 512 g/mol. The number of methoxy groups -OCH3 is 1. The van der Waals surface area contributed by atoms with Crippen molar-refractivity contribution < 1.29 is 24.0 Å². The molecular formula is C29H34N6O5. The van der Waals surface area contributed by atoms with Crippen molar-refractivity contribution in [1.29, 1.82) is 0 Å². The molecule has 2 saturated heterocycles. The van der Waals surface area contributed by atoms with E-state index in [4.69, 9.17) is 9.47 Å². The Balaban J connectivity index is 1.04. The van der Waals surface area contributed by atoms with Crippen LogP contribution in [0, 0.1) is 5.21 Å². The van der Waals surface area contributed by atoms with Gasteiger partial charge in [-0.05, 0) is 24.1 Å². The fraction of sp³-hybridized carbons (Fsp3) is 0.448. The minimum atomic E-state index is -0.380. The molecule has 1 aliphatic carbocycles. The van der Waals surface area contributed by atoms with E-state index in [0.717, 1.165) is 77.0 Å². The molecule has 3 aromatic rings. The number of nitrogens with zero attached hydrogens (tertiary/aromatic N) is 6. The number of morpholine rings is 1. The molecule has 0 saturated carbocycles. The molecule has 210 valence electrons. The van der Waals surface area contributed by atoms with Crippen LogP contribution < -0.4 is 14.6 Å². The number of ketones is 2. The van der Waals surface area contributed by atoms with E-state index in [1.54, 1.807) is 31.4 Å². The number of carbonyl (C=O) groups excluding carboxylic acids is 2. The zero-order chi connectivity index (χ0) is 27.6. The van der Waals surface area contributed by atoms with Crippen LogP contribution in [0.15, 0.2) is 42.5 Å². The molecule has 2 aliphatic heterocycles. The van der Waals surface area contributed by atoms with Gasteiger partial charge in [0, 0.05) is 73.5 Å². The van der Waals surface area contributed by atoms with E-state index in [-0.39, 0.29) is 23.0 Å². The van der Waals surface area contributed by atoms with Crippen LogP contribution >= 0.6 is 0 Å². The molecule has 0 spiro atoms. The van der Waals surface area contributed by atoms with Crippen molar-refractivity contribution >= 4 is 17.3 Å². The molecule has 0 N–H and O–H groups in total. The predicted octanol–water partition coefficient (Wildman–Crippen LogP) is 1.35. The van der Waals surface area contributed by atoms with Gasteiger partial charge in [0.25, 0.3) is 0 Å². The van der Waals surface area contributed by atoms with Gasteiger partial charge < -0.3 is 19.6 Å². The summed E-state index contributed by atoms with van der Waals surface area (Å²) in [5.74, 6) is 0.185. The van der Waals surface area contributed by atoms with Gasteiger partial charge in [-0.15, -0.1) is 4.68 Å². The maximum absolute atomic E-state index is 13.1. The van der Waals surface area contributed by atoms with Crippen LogP contribution in [0.3, 0.4) is 0 Å². The number of rotatable bonds is 8.